The summed E-state index contributed by atoms with van der Waals surface area (Å²) in [4.78, 5) is 16.0. The quantitative estimate of drug-likeness (QED) is 0.531. The normalized spacial score (nSPS) is 11.0. The highest BCUT2D eigenvalue weighted by atomic mass is 35.5. The smallest absolute Gasteiger partial charge is 0.416 e. The lowest BCUT2D eigenvalue weighted by molar-refractivity contribution is -0.137. The van der Waals surface area contributed by atoms with Gasteiger partial charge in [-0.25, -0.2) is 4.79 Å². The van der Waals surface area contributed by atoms with Crippen LogP contribution < -0.4 is 0 Å². The molecule has 148 valence electrons. The van der Waals surface area contributed by atoms with Crippen LogP contribution in [0.25, 0.3) is 11.3 Å². The molecule has 0 fully saturated rings. The molecule has 3 rings (SSSR count). The number of rotatable bonds is 5. The van der Waals surface area contributed by atoms with Crippen molar-refractivity contribution in [2.24, 2.45) is 0 Å². The molecule has 28 heavy (non-hydrogen) atoms. The molecule has 0 unspecified atom stereocenters. The number of aryl methyl sites for hydroxylation is 2. The van der Waals surface area contributed by atoms with E-state index in [1.54, 1.807) is 12.4 Å². The molecule has 2 heterocycles. The molecule has 0 saturated heterocycles. The van der Waals surface area contributed by atoms with Crippen molar-refractivity contribution in [3.05, 3.63) is 77.3 Å². The molecule has 0 aliphatic carbocycles. The Labute approximate surface area is 165 Å². The molecule has 0 bridgehead atoms. The van der Waals surface area contributed by atoms with Crippen molar-refractivity contribution in [3.8, 4) is 11.3 Å². The molecule has 0 spiro atoms. The number of carbonyl (C=O) groups is 1. The largest absolute Gasteiger partial charge is 0.465 e. The number of nitrogens with zero attached hydrogens (tertiary/aromatic N) is 1. The van der Waals surface area contributed by atoms with Crippen LogP contribution in [0.4, 0.5) is 13.2 Å². The zero-order valence-corrected chi connectivity index (χ0v) is 15.6. The Kier molecular flexibility index (Phi) is 6.85. The number of furan rings is 1. The lowest BCUT2D eigenvalue weighted by atomic mass is 10.1. The monoisotopic (exact) mass is 411 g/mol. The number of ether oxygens (including phenoxy) is 1. The molecule has 0 N–H and O–H groups in total. The minimum absolute atomic E-state index is 0. The molecule has 3 aromatic rings. The number of benzene rings is 1. The zero-order chi connectivity index (χ0) is 19.4. The van der Waals surface area contributed by atoms with Gasteiger partial charge in [0.05, 0.1) is 12.7 Å². The number of aromatic nitrogens is 1. The van der Waals surface area contributed by atoms with Gasteiger partial charge >= 0.3 is 12.1 Å². The van der Waals surface area contributed by atoms with Crippen LogP contribution in [0.3, 0.4) is 0 Å². The van der Waals surface area contributed by atoms with E-state index in [1.165, 1.54) is 25.3 Å². The summed E-state index contributed by atoms with van der Waals surface area (Å²) in [6.07, 6.45) is -0.00518. The summed E-state index contributed by atoms with van der Waals surface area (Å²) in [7, 11) is 1.26. The average molecular weight is 412 g/mol. The van der Waals surface area contributed by atoms with Crippen LogP contribution >= 0.6 is 12.4 Å². The SMILES string of the molecule is COC(=O)c1cc(-c2ccc(C(F)(F)F)cc2)oc1CCc1ccncc1.Cl. The predicted octanol–water partition coefficient (Wildman–Crippen LogP) is 5.35. The summed E-state index contributed by atoms with van der Waals surface area (Å²) in [5.41, 5.74) is 0.988. The molecule has 0 atom stereocenters. The molecule has 1 aromatic carbocycles. The van der Waals surface area contributed by atoms with Gasteiger partial charge in [-0.3, -0.25) is 4.98 Å². The second-order valence-corrected chi connectivity index (χ2v) is 5.87. The highest BCUT2D eigenvalue weighted by molar-refractivity contribution is 5.92. The first-order valence-corrected chi connectivity index (χ1v) is 8.16. The number of halogens is 4. The van der Waals surface area contributed by atoms with Crippen molar-refractivity contribution in [2.45, 2.75) is 19.0 Å². The van der Waals surface area contributed by atoms with Crippen LogP contribution in [0, 0.1) is 0 Å². The predicted molar refractivity (Wildman–Crippen MR) is 99.4 cm³/mol. The van der Waals surface area contributed by atoms with Gasteiger partial charge in [-0.15, -0.1) is 12.4 Å². The summed E-state index contributed by atoms with van der Waals surface area (Å²) < 4.78 is 48.7. The third-order valence-corrected chi connectivity index (χ3v) is 4.10. The van der Waals surface area contributed by atoms with E-state index in [0.717, 1.165) is 17.7 Å². The fraction of sp³-hybridized carbons (Fsp3) is 0.200. The molecule has 8 heteroatoms. The molecule has 0 aliphatic rings. The summed E-state index contributed by atoms with van der Waals surface area (Å²) in [6, 6.07) is 9.80. The second kappa shape index (κ2) is 8.93. The molecule has 0 amide bonds. The fourth-order valence-electron chi connectivity index (χ4n) is 2.67. The van der Waals surface area contributed by atoms with E-state index in [1.807, 2.05) is 12.1 Å². The number of pyridine rings is 1. The van der Waals surface area contributed by atoms with Crippen LogP contribution in [0.5, 0.6) is 0 Å². The Balaban J connectivity index is 0.00000280. The van der Waals surface area contributed by atoms with Crippen LogP contribution in [0.15, 0.2) is 59.3 Å². The Morgan fingerprint density at radius 1 is 1.07 bits per heavy atom. The van der Waals surface area contributed by atoms with E-state index in [4.69, 9.17) is 9.15 Å². The first kappa shape index (κ1) is 21.5. The van der Waals surface area contributed by atoms with Crippen LogP contribution in [0.2, 0.25) is 0 Å². The van der Waals surface area contributed by atoms with E-state index in [9.17, 15) is 18.0 Å². The van der Waals surface area contributed by atoms with Gasteiger partial charge in [-0.1, -0.05) is 12.1 Å². The summed E-state index contributed by atoms with van der Waals surface area (Å²) in [5, 5.41) is 0. The summed E-state index contributed by atoms with van der Waals surface area (Å²) in [6.45, 7) is 0. The minimum atomic E-state index is -4.41. The number of hydrogen-bond donors (Lipinski definition) is 0. The fourth-order valence-corrected chi connectivity index (χ4v) is 2.67. The number of methoxy groups -OCH3 is 1. The average Bonchev–Trinajstić information content (AvgIpc) is 3.10. The van der Waals surface area contributed by atoms with Gasteiger partial charge in [0.1, 0.15) is 17.1 Å². The van der Waals surface area contributed by atoms with Gasteiger partial charge in [0, 0.05) is 24.4 Å². The molecule has 4 nitrogen and oxygen atoms in total. The lowest BCUT2D eigenvalue weighted by Gasteiger charge is -2.06. The number of esters is 1. The topological polar surface area (TPSA) is 52.3 Å². The van der Waals surface area contributed by atoms with Gasteiger partial charge < -0.3 is 9.15 Å². The van der Waals surface area contributed by atoms with Crippen LogP contribution in [-0.2, 0) is 23.8 Å². The molecule has 0 radical (unpaired) electrons. The van der Waals surface area contributed by atoms with E-state index >= 15 is 0 Å². The van der Waals surface area contributed by atoms with E-state index in [0.29, 0.717) is 29.9 Å². The van der Waals surface area contributed by atoms with E-state index < -0.39 is 17.7 Å². The maximum atomic E-state index is 12.7. The van der Waals surface area contributed by atoms with Crippen molar-refractivity contribution >= 4 is 18.4 Å². The number of alkyl halides is 3. The molecule has 2 aromatic heterocycles. The maximum absolute atomic E-state index is 12.7. The first-order chi connectivity index (χ1) is 12.9. The van der Waals surface area contributed by atoms with Gasteiger partial charge in [0.25, 0.3) is 0 Å². The van der Waals surface area contributed by atoms with Gasteiger partial charge in [-0.05, 0) is 42.3 Å². The molecular formula is C20H17ClF3NO3. The lowest BCUT2D eigenvalue weighted by Crippen LogP contribution is -2.04. The standard InChI is InChI=1S/C20H16F3NO3.ClH/c1-26-19(25)16-12-18(14-3-5-15(6-4-14)20(21,22)23)27-17(16)7-2-13-8-10-24-11-9-13;/h3-6,8-12H,2,7H2,1H3;1H. The summed E-state index contributed by atoms with van der Waals surface area (Å²) in [5.74, 6) is 0.184. The Hall–Kier alpha value is -2.80. The molecule has 0 aliphatic heterocycles. The summed E-state index contributed by atoms with van der Waals surface area (Å²) >= 11 is 0. The number of hydrogen-bond acceptors (Lipinski definition) is 4. The maximum Gasteiger partial charge on any atom is 0.416 e. The van der Waals surface area contributed by atoms with Crippen molar-refractivity contribution < 1.29 is 27.1 Å². The van der Waals surface area contributed by atoms with Gasteiger partial charge in [0.15, 0.2) is 0 Å². The third kappa shape index (κ3) is 4.92. The number of carbonyl (C=O) groups excluding carboxylic acids is 1. The minimum Gasteiger partial charge on any atom is -0.465 e. The van der Waals surface area contributed by atoms with Crippen LogP contribution in [-0.4, -0.2) is 18.1 Å². The highest BCUT2D eigenvalue weighted by Crippen LogP contribution is 2.32. The Morgan fingerprint density at radius 3 is 2.29 bits per heavy atom. The van der Waals surface area contributed by atoms with Crippen molar-refractivity contribution in [3.63, 3.8) is 0 Å². The second-order valence-electron chi connectivity index (χ2n) is 5.87. The third-order valence-electron chi connectivity index (χ3n) is 4.10. The highest BCUT2D eigenvalue weighted by Gasteiger charge is 2.30. The van der Waals surface area contributed by atoms with Gasteiger partial charge in [-0.2, -0.15) is 13.2 Å². The van der Waals surface area contributed by atoms with Crippen molar-refractivity contribution in [1.82, 2.24) is 4.98 Å². The molecular weight excluding hydrogens is 395 g/mol. The molecule has 0 saturated carbocycles. The van der Waals surface area contributed by atoms with E-state index in [-0.39, 0.29) is 18.0 Å². The Morgan fingerprint density at radius 2 is 1.71 bits per heavy atom. The zero-order valence-electron chi connectivity index (χ0n) is 14.8. The van der Waals surface area contributed by atoms with Gasteiger partial charge in [0.2, 0.25) is 0 Å². The van der Waals surface area contributed by atoms with Crippen LogP contribution in [0.1, 0.15) is 27.2 Å². The Bertz CT molecular complexity index is 922. The van der Waals surface area contributed by atoms with Crippen molar-refractivity contribution in [2.75, 3.05) is 7.11 Å². The first-order valence-electron chi connectivity index (χ1n) is 8.16. The van der Waals surface area contributed by atoms with Crippen molar-refractivity contribution in [1.29, 1.82) is 0 Å². The van der Waals surface area contributed by atoms with E-state index in [2.05, 4.69) is 4.98 Å².